The SMILES string of the molecule is CC(NC(=O)CSc1ncnc2c1cnn2-c1ccc(F)cc1)c1ccccc1. The lowest BCUT2D eigenvalue weighted by molar-refractivity contribution is -0.119. The lowest BCUT2D eigenvalue weighted by Gasteiger charge is -2.14. The van der Waals surface area contributed by atoms with Gasteiger partial charge in [0.25, 0.3) is 0 Å². The van der Waals surface area contributed by atoms with Gasteiger partial charge in [0, 0.05) is 0 Å². The number of hydrogen-bond donors (Lipinski definition) is 1. The van der Waals surface area contributed by atoms with Gasteiger partial charge in [-0.25, -0.2) is 19.0 Å². The maximum atomic E-state index is 13.2. The molecule has 0 aliphatic carbocycles. The summed E-state index contributed by atoms with van der Waals surface area (Å²) in [6, 6.07) is 15.7. The van der Waals surface area contributed by atoms with Crippen molar-refractivity contribution in [1.82, 2.24) is 25.1 Å². The van der Waals surface area contributed by atoms with E-state index in [1.54, 1.807) is 23.0 Å². The Balaban J connectivity index is 1.47. The molecule has 0 aliphatic rings. The molecular weight excluding hydrogens is 389 g/mol. The van der Waals surface area contributed by atoms with E-state index in [1.807, 2.05) is 37.3 Å². The molecule has 0 radical (unpaired) electrons. The number of nitrogens with zero attached hydrogens (tertiary/aromatic N) is 4. The van der Waals surface area contributed by atoms with E-state index < -0.39 is 0 Å². The van der Waals surface area contributed by atoms with Gasteiger partial charge in [0.15, 0.2) is 5.65 Å². The summed E-state index contributed by atoms with van der Waals surface area (Å²) in [5, 5.41) is 8.75. The zero-order valence-electron chi connectivity index (χ0n) is 15.6. The molecule has 1 amide bonds. The Hall–Kier alpha value is -3.26. The number of carbonyl (C=O) groups excluding carboxylic acids is 1. The van der Waals surface area contributed by atoms with Crippen LogP contribution in [0.3, 0.4) is 0 Å². The average molecular weight is 407 g/mol. The normalized spacial score (nSPS) is 12.1. The molecule has 0 saturated heterocycles. The number of thioether (sulfide) groups is 1. The number of fused-ring (bicyclic) bond motifs is 1. The molecule has 0 aliphatic heterocycles. The first kappa shape index (κ1) is 19.1. The summed E-state index contributed by atoms with van der Waals surface area (Å²) in [6.45, 7) is 1.95. The summed E-state index contributed by atoms with van der Waals surface area (Å²) in [5.41, 5.74) is 2.36. The number of nitrogens with one attached hydrogen (secondary N) is 1. The number of benzene rings is 2. The van der Waals surface area contributed by atoms with Gasteiger partial charge in [-0.2, -0.15) is 5.10 Å². The van der Waals surface area contributed by atoms with Crippen molar-refractivity contribution in [2.24, 2.45) is 0 Å². The smallest absolute Gasteiger partial charge is 0.230 e. The highest BCUT2D eigenvalue weighted by Gasteiger charge is 2.14. The molecular formula is C21H18FN5OS. The Morgan fingerprint density at radius 3 is 2.66 bits per heavy atom. The van der Waals surface area contributed by atoms with Gasteiger partial charge in [-0.05, 0) is 36.8 Å². The Labute approximate surface area is 171 Å². The number of carbonyl (C=O) groups is 1. The molecule has 4 rings (SSSR count). The van der Waals surface area contributed by atoms with Gasteiger partial charge in [0.2, 0.25) is 5.91 Å². The zero-order chi connectivity index (χ0) is 20.2. The van der Waals surface area contributed by atoms with Crippen LogP contribution < -0.4 is 5.32 Å². The molecule has 1 atom stereocenters. The molecule has 0 spiro atoms. The van der Waals surface area contributed by atoms with Crippen LogP contribution >= 0.6 is 11.8 Å². The van der Waals surface area contributed by atoms with Gasteiger partial charge in [-0.1, -0.05) is 42.1 Å². The van der Waals surface area contributed by atoms with Crippen LogP contribution in [0.5, 0.6) is 0 Å². The van der Waals surface area contributed by atoms with E-state index in [9.17, 15) is 9.18 Å². The molecule has 146 valence electrons. The summed E-state index contributed by atoms with van der Waals surface area (Å²) < 4.78 is 14.8. The Morgan fingerprint density at radius 1 is 1.14 bits per heavy atom. The van der Waals surface area contributed by atoms with E-state index in [4.69, 9.17) is 0 Å². The van der Waals surface area contributed by atoms with E-state index >= 15 is 0 Å². The molecule has 2 heterocycles. The molecule has 1 N–H and O–H groups in total. The van der Waals surface area contributed by atoms with Gasteiger partial charge in [0.05, 0.1) is 29.1 Å². The molecule has 0 saturated carbocycles. The Morgan fingerprint density at radius 2 is 1.90 bits per heavy atom. The third-order valence-corrected chi connectivity index (χ3v) is 5.42. The molecule has 1 unspecified atom stereocenters. The number of rotatable bonds is 6. The van der Waals surface area contributed by atoms with Gasteiger partial charge in [-0.3, -0.25) is 4.79 Å². The Bertz CT molecular complexity index is 1130. The molecule has 0 bridgehead atoms. The Kier molecular flexibility index (Phi) is 5.53. The second-order valence-corrected chi connectivity index (χ2v) is 7.40. The van der Waals surface area contributed by atoms with Crippen LogP contribution in [0, 0.1) is 5.82 Å². The predicted molar refractivity (Wildman–Crippen MR) is 110 cm³/mol. The summed E-state index contributed by atoms with van der Waals surface area (Å²) in [4.78, 5) is 21.0. The fourth-order valence-electron chi connectivity index (χ4n) is 2.95. The predicted octanol–water partition coefficient (Wildman–Crippen LogP) is 3.92. The molecule has 6 nitrogen and oxygen atoms in total. The lowest BCUT2D eigenvalue weighted by atomic mass is 10.1. The minimum Gasteiger partial charge on any atom is -0.349 e. The monoisotopic (exact) mass is 407 g/mol. The van der Waals surface area contributed by atoms with Gasteiger partial charge in [-0.15, -0.1) is 0 Å². The number of aromatic nitrogens is 4. The molecule has 2 aromatic carbocycles. The van der Waals surface area contributed by atoms with Crippen LogP contribution in [0.4, 0.5) is 4.39 Å². The third-order valence-electron chi connectivity index (χ3n) is 4.42. The van der Waals surface area contributed by atoms with Gasteiger partial charge >= 0.3 is 0 Å². The van der Waals surface area contributed by atoms with E-state index in [2.05, 4.69) is 20.4 Å². The second kappa shape index (κ2) is 8.40. The van der Waals surface area contributed by atoms with Crippen molar-refractivity contribution in [2.45, 2.75) is 18.0 Å². The molecule has 0 fully saturated rings. The second-order valence-electron chi connectivity index (χ2n) is 6.44. The molecule has 8 heteroatoms. The quantitative estimate of drug-likeness (QED) is 0.387. The first-order valence-corrected chi connectivity index (χ1v) is 10.0. The minimum atomic E-state index is -0.313. The maximum absolute atomic E-state index is 13.2. The molecule has 4 aromatic rings. The van der Waals surface area contributed by atoms with Crippen molar-refractivity contribution < 1.29 is 9.18 Å². The maximum Gasteiger partial charge on any atom is 0.230 e. The number of halogens is 1. The lowest BCUT2D eigenvalue weighted by Crippen LogP contribution is -2.28. The summed E-state index contributed by atoms with van der Waals surface area (Å²) in [7, 11) is 0. The fraction of sp³-hybridized carbons (Fsp3) is 0.143. The van der Waals surface area contributed by atoms with E-state index in [1.165, 1.54) is 30.2 Å². The zero-order valence-corrected chi connectivity index (χ0v) is 16.4. The minimum absolute atomic E-state index is 0.0732. The highest BCUT2D eigenvalue weighted by molar-refractivity contribution is 8.00. The topological polar surface area (TPSA) is 72.7 Å². The highest BCUT2D eigenvalue weighted by Crippen LogP contribution is 2.26. The standard InChI is InChI=1S/C21H18FN5OS/c1-14(15-5-3-2-4-6-15)26-19(28)12-29-21-18-11-25-27(20(18)23-13-24-21)17-9-7-16(22)8-10-17/h2-11,13-14H,12H2,1H3,(H,26,28). The van der Waals surface area contributed by atoms with Crippen LogP contribution in [0.2, 0.25) is 0 Å². The van der Waals surface area contributed by atoms with Crippen LogP contribution in [-0.2, 0) is 4.79 Å². The first-order valence-electron chi connectivity index (χ1n) is 9.03. The van der Waals surface area contributed by atoms with Crippen LogP contribution in [0.25, 0.3) is 16.7 Å². The third kappa shape index (κ3) is 4.27. The van der Waals surface area contributed by atoms with Crippen molar-refractivity contribution in [1.29, 1.82) is 0 Å². The molecule has 2 aromatic heterocycles. The van der Waals surface area contributed by atoms with Crippen molar-refractivity contribution in [3.8, 4) is 5.69 Å². The van der Waals surface area contributed by atoms with E-state index in [0.717, 1.165) is 10.9 Å². The van der Waals surface area contributed by atoms with E-state index in [0.29, 0.717) is 16.4 Å². The van der Waals surface area contributed by atoms with Crippen LogP contribution in [0.1, 0.15) is 18.5 Å². The largest absolute Gasteiger partial charge is 0.349 e. The first-order chi connectivity index (χ1) is 14.1. The number of amides is 1. The summed E-state index contributed by atoms with van der Waals surface area (Å²) in [6.07, 6.45) is 3.10. The van der Waals surface area contributed by atoms with E-state index in [-0.39, 0.29) is 23.5 Å². The molecule has 29 heavy (non-hydrogen) atoms. The van der Waals surface area contributed by atoms with Crippen LogP contribution in [0.15, 0.2) is 72.1 Å². The number of hydrogen-bond acceptors (Lipinski definition) is 5. The summed E-state index contributed by atoms with van der Waals surface area (Å²) >= 11 is 1.33. The van der Waals surface area contributed by atoms with Crippen molar-refractivity contribution in [3.63, 3.8) is 0 Å². The highest BCUT2D eigenvalue weighted by atomic mass is 32.2. The summed E-state index contributed by atoms with van der Waals surface area (Å²) in [5.74, 6) is -0.166. The van der Waals surface area contributed by atoms with Gasteiger partial charge in [0.1, 0.15) is 17.2 Å². The van der Waals surface area contributed by atoms with Gasteiger partial charge < -0.3 is 5.32 Å². The fourth-order valence-corrected chi connectivity index (χ4v) is 3.72. The average Bonchev–Trinajstić information content (AvgIpc) is 3.18. The van der Waals surface area contributed by atoms with Crippen LogP contribution in [-0.4, -0.2) is 31.4 Å². The van der Waals surface area contributed by atoms with Crippen molar-refractivity contribution >= 4 is 28.7 Å². The van der Waals surface area contributed by atoms with Crippen molar-refractivity contribution in [3.05, 3.63) is 78.5 Å². The van der Waals surface area contributed by atoms with Crippen molar-refractivity contribution in [2.75, 3.05) is 5.75 Å².